The van der Waals surface area contributed by atoms with Gasteiger partial charge in [-0.05, 0) is 36.5 Å². The zero-order chi connectivity index (χ0) is 19.2. The van der Waals surface area contributed by atoms with Crippen LogP contribution in [0.2, 0.25) is 0 Å². The van der Waals surface area contributed by atoms with Gasteiger partial charge in [0.05, 0.1) is 34.1 Å². The molecule has 3 rings (SSSR count). The molecule has 1 fully saturated rings. The summed E-state index contributed by atoms with van der Waals surface area (Å²) in [5, 5.41) is 0. The smallest absolute Gasteiger partial charge is 0.227 e. The first kappa shape index (κ1) is 19.1. The lowest BCUT2D eigenvalue weighted by Crippen LogP contribution is -2.41. The molecular weight excluding hydrogens is 346 g/mol. The Morgan fingerprint density at radius 1 is 1.19 bits per heavy atom. The van der Waals surface area contributed by atoms with Gasteiger partial charge in [0.25, 0.3) is 0 Å². The van der Waals surface area contributed by atoms with E-state index in [0.717, 1.165) is 38.0 Å². The predicted molar refractivity (Wildman–Crippen MR) is 101 cm³/mol. The van der Waals surface area contributed by atoms with Crippen molar-refractivity contribution in [3.63, 3.8) is 0 Å². The maximum atomic E-state index is 12.9. The van der Waals surface area contributed by atoms with Crippen LogP contribution >= 0.6 is 0 Å². The Bertz CT molecular complexity index is 736. The maximum Gasteiger partial charge on any atom is 0.227 e. The molecule has 7 nitrogen and oxygen atoms in total. The summed E-state index contributed by atoms with van der Waals surface area (Å²) >= 11 is 0. The molecule has 1 aromatic carbocycles. The highest BCUT2D eigenvalue weighted by Gasteiger charge is 2.24. The molecule has 0 bridgehead atoms. The van der Waals surface area contributed by atoms with Crippen molar-refractivity contribution in [3.05, 3.63) is 36.4 Å². The summed E-state index contributed by atoms with van der Waals surface area (Å²) in [5.41, 5.74) is 0.853. The van der Waals surface area contributed by atoms with E-state index in [1.807, 2.05) is 29.6 Å². The third-order valence-electron chi connectivity index (χ3n) is 4.98. The molecule has 1 atom stereocenters. The third-order valence-corrected chi connectivity index (χ3v) is 4.98. The Morgan fingerprint density at radius 3 is 2.52 bits per heavy atom. The Morgan fingerprint density at radius 2 is 1.93 bits per heavy atom. The van der Waals surface area contributed by atoms with Crippen LogP contribution in [0.3, 0.4) is 0 Å². The number of likely N-dealkylation sites (tertiary alicyclic amines) is 1. The maximum absolute atomic E-state index is 12.9. The summed E-state index contributed by atoms with van der Waals surface area (Å²) < 4.78 is 18.2. The van der Waals surface area contributed by atoms with Gasteiger partial charge in [-0.1, -0.05) is 0 Å². The monoisotopic (exact) mass is 373 g/mol. The van der Waals surface area contributed by atoms with Crippen LogP contribution in [0.4, 0.5) is 0 Å². The average molecular weight is 373 g/mol. The van der Waals surface area contributed by atoms with Crippen LogP contribution in [0, 0.1) is 5.92 Å². The highest BCUT2D eigenvalue weighted by atomic mass is 16.5. The Labute approximate surface area is 159 Å². The summed E-state index contributed by atoms with van der Waals surface area (Å²) in [6, 6.07) is 3.68. The second kappa shape index (κ2) is 8.79. The second-order valence-corrected chi connectivity index (χ2v) is 6.82. The van der Waals surface area contributed by atoms with Crippen LogP contribution in [0.25, 0.3) is 0 Å². The van der Waals surface area contributed by atoms with E-state index < -0.39 is 0 Å². The van der Waals surface area contributed by atoms with Gasteiger partial charge < -0.3 is 23.7 Å². The van der Waals surface area contributed by atoms with Crippen LogP contribution in [0.15, 0.2) is 30.9 Å². The molecule has 0 spiro atoms. The number of hydrogen-bond donors (Lipinski definition) is 0. The van der Waals surface area contributed by atoms with Gasteiger partial charge in [0.1, 0.15) is 0 Å². The molecule has 0 N–H and O–H groups in total. The predicted octanol–water partition coefficient (Wildman–Crippen LogP) is 2.39. The van der Waals surface area contributed by atoms with Crippen molar-refractivity contribution in [1.82, 2.24) is 14.5 Å². The lowest BCUT2D eigenvalue weighted by molar-refractivity contribution is -0.132. The highest BCUT2D eigenvalue weighted by Crippen LogP contribution is 2.38. The van der Waals surface area contributed by atoms with Crippen molar-refractivity contribution in [2.45, 2.75) is 25.8 Å². The summed E-state index contributed by atoms with van der Waals surface area (Å²) in [6.07, 6.45) is 8.06. The van der Waals surface area contributed by atoms with Gasteiger partial charge in [-0.2, -0.15) is 0 Å². The number of rotatable bonds is 7. The van der Waals surface area contributed by atoms with Gasteiger partial charge in [0.15, 0.2) is 11.5 Å². The Hall–Kier alpha value is -2.70. The molecule has 0 radical (unpaired) electrons. The fraction of sp³-hybridized carbons (Fsp3) is 0.500. The lowest BCUT2D eigenvalue weighted by atomic mass is 9.97. The zero-order valence-electron chi connectivity index (χ0n) is 16.2. The van der Waals surface area contributed by atoms with Crippen molar-refractivity contribution in [3.8, 4) is 17.2 Å². The first-order chi connectivity index (χ1) is 13.1. The topological polar surface area (TPSA) is 65.8 Å². The number of amides is 1. The third kappa shape index (κ3) is 4.53. The number of benzene rings is 1. The summed E-state index contributed by atoms with van der Waals surface area (Å²) in [4.78, 5) is 18.9. The molecule has 1 aromatic heterocycles. The van der Waals surface area contributed by atoms with Crippen LogP contribution in [-0.4, -0.2) is 54.8 Å². The minimum absolute atomic E-state index is 0.125. The van der Waals surface area contributed by atoms with E-state index in [1.54, 1.807) is 27.5 Å². The van der Waals surface area contributed by atoms with Gasteiger partial charge >= 0.3 is 0 Å². The van der Waals surface area contributed by atoms with Crippen LogP contribution in [0.1, 0.15) is 18.4 Å². The lowest BCUT2D eigenvalue weighted by Gasteiger charge is -2.33. The number of imidazole rings is 1. The number of hydrogen-bond acceptors (Lipinski definition) is 5. The standard InChI is InChI=1S/C20H27N3O4/c1-25-17-9-16(10-18(26-2)20(17)27-3)11-19(24)23-7-4-5-15(13-23)12-22-8-6-21-14-22/h6,8-10,14-15H,4-5,7,11-13H2,1-3H3. The van der Waals surface area contributed by atoms with Crippen molar-refractivity contribution in [1.29, 1.82) is 0 Å². The van der Waals surface area contributed by atoms with Crippen molar-refractivity contribution in [2.24, 2.45) is 5.92 Å². The number of carbonyl (C=O) groups excluding carboxylic acids is 1. The van der Waals surface area contributed by atoms with Gasteiger partial charge in [-0.15, -0.1) is 0 Å². The number of aromatic nitrogens is 2. The molecule has 1 unspecified atom stereocenters. The van der Waals surface area contributed by atoms with Crippen molar-refractivity contribution >= 4 is 5.91 Å². The first-order valence-corrected chi connectivity index (χ1v) is 9.17. The number of carbonyl (C=O) groups is 1. The summed E-state index contributed by atoms with van der Waals surface area (Å²) in [5.74, 6) is 2.25. The largest absolute Gasteiger partial charge is 0.493 e. The van der Waals surface area contributed by atoms with E-state index in [-0.39, 0.29) is 5.91 Å². The van der Waals surface area contributed by atoms with Gasteiger partial charge in [-0.3, -0.25) is 4.79 Å². The van der Waals surface area contributed by atoms with E-state index in [9.17, 15) is 4.79 Å². The fourth-order valence-electron chi connectivity index (χ4n) is 3.66. The zero-order valence-corrected chi connectivity index (χ0v) is 16.2. The molecule has 1 aliphatic heterocycles. The molecule has 0 aliphatic carbocycles. The number of nitrogens with zero attached hydrogens (tertiary/aromatic N) is 3. The van der Waals surface area contributed by atoms with E-state index in [1.165, 1.54) is 0 Å². The molecule has 1 aliphatic rings. The quantitative estimate of drug-likeness (QED) is 0.746. The highest BCUT2D eigenvalue weighted by molar-refractivity contribution is 5.79. The molecule has 2 heterocycles. The summed E-state index contributed by atoms with van der Waals surface area (Å²) in [7, 11) is 4.72. The van der Waals surface area contributed by atoms with Crippen molar-refractivity contribution < 1.29 is 19.0 Å². The minimum Gasteiger partial charge on any atom is -0.493 e. The van der Waals surface area contributed by atoms with Crippen LogP contribution in [0.5, 0.6) is 17.2 Å². The minimum atomic E-state index is 0.125. The molecular formula is C20H27N3O4. The van der Waals surface area contributed by atoms with E-state index in [4.69, 9.17) is 14.2 Å². The van der Waals surface area contributed by atoms with Crippen molar-refractivity contribution in [2.75, 3.05) is 34.4 Å². The average Bonchev–Trinajstić information content (AvgIpc) is 3.20. The van der Waals surface area contributed by atoms with Gasteiger partial charge in [0, 0.05) is 32.0 Å². The second-order valence-electron chi connectivity index (χ2n) is 6.82. The first-order valence-electron chi connectivity index (χ1n) is 9.17. The van der Waals surface area contributed by atoms with E-state index in [2.05, 4.69) is 9.55 Å². The molecule has 0 saturated carbocycles. The SMILES string of the molecule is COc1cc(CC(=O)N2CCCC(Cn3ccnc3)C2)cc(OC)c1OC. The van der Waals surface area contributed by atoms with Crippen LogP contribution in [-0.2, 0) is 17.8 Å². The molecule has 7 heteroatoms. The normalized spacial score (nSPS) is 16.9. The van der Waals surface area contributed by atoms with Crippen LogP contribution < -0.4 is 14.2 Å². The van der Waals surface area contributed by atoms with Gasteiger partial charge in [-0.25, -0.2) is 4.98 Å². The molecule has 27 heavy (non-hydrogen) atoms. The molecule has 1 amide bonds. The number of piperidine rings is 1. The Balaban J connectivity index is 1.67. The molecule has 146 valence electrons. The molecule has 2 aromatic rings. The summed E-state index contributed by atoms with van der Waals surface area (Å²) in [6.45, 7) is 2.49. The molecule has 1 saturated heterocycles. The van der Waals surface area contributed by atoms with E-state index in [0.29, 0.717) is 29.6 Å². The van der Waals surface area contributed by atoms with E-state index >= 15 is 0 Å². The number of ether oxygens (including phenoxy) is 3. The Kier molecular flexibility index (Phi) is 6.21. The fourth-order valence-corrected chi connectivity index (χ4v) is 3.66. The van der Waals surface area contributed by atoms with Gasteiger partial charge in [0.2, 0.25) is 11.7 Å². The number of methoxy groups -OCH3 is 3.